The van der Waals surface area contributed by atoms with Crippen molar-refractivity contribution in [1.29, 1.82) is 0 Å². The van der Waals surface area contributed by atoms with Gasteiger partial charge in [-0.05, 0) is 55.3 Å². The number of hydrogen-bond donors (Lipinski definition) is 0. The number of fused-ring (bicyclic) bond motifs is 1. The van der Waals surface area contributed by atoms with Crippen LogP contribution in [-0.2, 0) is 0 Å². The van der Waals surface area contributed by atoms with Gasteiger partial charge >= 0.3 is 0 Å². The molecular weight excluding hydrogens is 432 g/mol. The maximum Gasteiger partial charge on any atom is 0.193 e. The first-order valence-electron chi connectivity index (χ1n) is 10.1. The molecule has 2 aromatic carbocycles. The number of benzene rings is 2. The van der Waals surface area contributed by atoms with Crippen molar-refractivity contribution >= 4 is 26.9 Å². The van der Waals surface area contributed by atoms with E-state index in [0.717, 1.165) is 29.7 Å². The molecule has 3 aromatic rings. The van der Waals surface area contributed by atoms with Gasteiger partial charge in [-0.1, -0.05) is 41.6 Å². The SMILES string of the molecule is COc1ccc2oc(-c3ccc(OCCCCCCCCBr)cc3)cc(=O)c2c1. The average Bonchev–Trinajstić information content (AvgIpc) is 2.75. The van der Waals surface area contributed by atoms with Crippen LogP contribution in [0.4, 0.5) is 0 Å². The third-order valence-corrected chi connectivity index (χ3v) is 5.43. The Kier molecular flexibility index (Phi) is 8.17. The fraction of sp³-hybridized carbons (Fsp3) is 0.375. The predicted molar refractivity (Wildman–Crippen MR) is 121 cm³/mol. The van der Waals surface area contributed by atoms with Crippen molar-refractivity contribution in [2.24, 2.45) is 0 Å². The minimum atomic E-state index is -0.0865. The molecule has 0 aliphatic carbocycles. The Labute approximate surface area is 180 Å². The molecule has 0 fully saturated rings. The van der Waals surface area contributed by atoms with E-state index in [2.05, 4.69) is 15.9 Å². The van der Waals surface area contributed by atoms with Gasteiger partial charge in [0.1, 0.15) is 22.8 Å². The van der Waals surface area contributed by atoms with Gasteiger partial charge in [0.2, 0.25) is 0 Å². The molecule has 0 saturated heterocycles. The minimum Gasteiger partial charge on any atom is -0.497 e. The van der Waals surface area contributed by atoms with Crippen molar-refractivity contribution in [2.75, 3.05) is 19.0 Å². The van der Waals surface area contributed by atoms with Crippen LogP contribution in [0.3, 0.4) is 0 Å². The lowest BCUT2D eigenvalue weighted by Gasteiger charge is -2.08. The first-order chi connectivity index (χ1) is 14.2. The second kappa shape index (κ2) is 11.1. The Bertz CT molecular complexity index is 963. The van der Waals surface area contributed by atoms with Crippen molar-refractivity contribution in [2.45, 2.75) is 38.5 Å². The maximum absolute atomic E-state index is 12.5. The Balaban J connectivity index is 1.57. The molecule has 3 rings (SSSR count). The molecule has 1 aromatic heterocycles. The molecule has 0 amide bonds. The summed E-state index contributed by atoms with van der Waals surface area (Å²) >= 11 is 3.46. The fourth-order valence-corrected chi connectivity index (χ4v) is 3.61. The van der Waals surface area contributed by atoms with Gasteiger partial charge in [-0.15, -0.1) is 0 Å². The summed E-state index contributed by atoms with van der Waals surface area (Å²) in [5.74, 6) is 2.02. The van der Waals surface area contributed by atoms with Crippen molar-refractivity contribution in [3.8, 4) is 22.8 Å². The fourth-order valence-electron chi connectivity index (χ4n) is 3.21. The van der Waals surface area contributed by atoms with Gasteiger partial charge in [-0.25, -0.2) is 0 Å². The average molecular weight is 459 g/mol. The Morgan fingerprint density at radius 3 is 2.28 bits per heavy atom. The van der Waals surface area contributed by atoms with Crippen LogP contribution in [0.5, 0.6) is 11.5 Å². The highest BCUT2D eigenvalue weighted by Crippen LogP contribution is 2.26. The number of alkyl halides is 1. The first kappa shape index (κ1) is 21.4. The van der Waals surface area contributed by atoms with E-state index in [1.165, 1.54) is 38.2 Å². The van der Waals surface area contributed by atoms with E-state index < -0.39 is 0 Å². The number of hydrogen-bond acceptors (Lipinski definition) is 4. The van der Waals surface area contributed by atoms with Crippen LogP contribution in [-0.4, -0.2) is 19.0 Å². The molecule has 0 aliphatic rings. The van der Waals surface area contributed by atoms with Gasteiger partial charge in [0.05, 0.1) is 19.1 Å². The van der Waals surface area contributed by atoms with Crippen molar-refractivity contribution in [3.05, 3.63) is 58.8 Å². The third-order valence-electron chi connectivity index (χ3n) is 4.87. The molecule has 154 valence electrons. The normalized spacial score (nSPS) is 11.0. The molecule has 0 saturated carbocycles. The molecule has 29 heavy (non-hydrogen) atoms. The topological polar surface area (TPSA) is 48.7 Å². The highest BCUT2D eigenvalue weighted by Gasteiger charge is 2.08. The standard InChI is InChI=1S/C24H27BrO4/c1-27-20-12-13-23-21(16-20)22(26)17-24(29-23)18-8-10-19(11-9-18)28-15-7-5-3-2-4-6-14-25/h8-13,16-17H,2-7,14-15H2,1H3. The monoisotopic (exact) mass is 458 g/mol. The molecule has 0 atom stereocenters. The molecule has 5 heteroatoms. The van der Waals surface area contributed by atoms with E-state index in [4.69, 9.17) is 13.9 Å². The van der Waals surface area contributed by atoms with Gasteiger partial charge in [0, 0.05) is 17.0 Å². The highest BCUT2D eigenvalue weighted by molar-refractivity contribution is 9.09. The smallest absolute Gasteiger partial charge is 0.193 e. The number of rotatable bonds is 11. The van der Waals surface area contributed by atoms with E-state index >= 15 is 0 Å². The zero-order valence-corrected chi connectivity index (χ0v) is 18.4. The number of halogens is 1. The van der Waals surface area contributed by atoms with Gasteiger partial charge in [-0.3, -0.25) is 4.79 Å². The van der Waals surface area contributed by atoms with Gasteiger partial charge in [-0.2, -0.15) is 0 Å². The number of unbranched alkanes of at least 4 members (excludes halogenated alkanes) is 5. The molecule has 0 unspecified atom stereocenters. The lowest BCUT2D eigenvalue weighted by Crippen LogP contribution is -2.01. The van der Waals surface area contributed by atoms with E-state index in [1.54, 1.807) is 25.3 Å². The molecular formula is C24H27BrO4. The maximum atomic E-state index is 12.5. The van der Waals surface area contributed by atoms with Crippen LogP contribution in [0.2, 0.25) is 0 Å². The lowest BCUT2D eigenvalue weighted by atomic mass is 10.1. The molecule has 0 spiro atoms. The molecule has 0 aliphatic heterocycles. The van der Waals surface area contributed by atoms with Crippen molar-refractivity contribution < 1.29 is 13.9 Å². The summed E-state index contributed by atoms with van der Waals surface area (Å²) in [5, 5.41) is 1.61. The number of ether oxygens (including phenoxy) is 2. The summed E-state index contributed by atoms with van der Waals surface area (Å²) in [4.78, 5) is 12.5. The summed E-state index contributed by atoms with van der Waals surface area (Å²) in [6, 6.07) is 14.4. The molecule has 0 radical (unpaired) electrons. The predicted octanol–water partition coefficient (Wildman–Crippen LogP) is 6.58. The summed E-state index contributed by atoms with van der Waals surface area (Å²) in [6.45, 7) is 0.727. The first-order valence-corrected chi connectivity index (χ1v) is 11.2. The summed E-state index contributed by atoms with van der Waals surface area (Å²) in [7, 11) is 1.58. The molecule has 0 N–H and O–H groups in total. The second-order valence-corrected chi connectivity index (χ2v) is 7.81. The van der Waals surface area contributed by atoms with Gasteiger partial charge < -0.3 is 13.9 Å². The zero-order chi connectivity index (χ0) is 20.5. The quantitative estimate of drug-likeness (QED) is 0.240. The van der Waals surface area contributed by atoms with Crippen LogP contribution in [0.15, 0.2) is 57.7 Å². The Morgan fingerprint density at radius 1 is 0.862 bits per heavy atom. The highest BCUT2D eigenvalue weighted by atomic mass is 79.9. The van der Waals surface area contributed by atoms with E-state index in [9.17, 15) is 4.79 Å². The molecule has 1 heterocycles. The van der Waals surface area contributed by atoms with E-state index in [1.807, 2.05) is 24.3 Å². The molecule has 4 nitrogen and oxygen atoms in total. The zero-order valence-electron chi connectivity index (χ0n) is 16.8. The van der Waals surface area contributed by atoms with E-state index in [0.29, 0.717) is 22.5 Å². The van der Waals surface area contributed by atoms with Crippen molar-refractivity contribution in [3.63, 3.8) is 0 Å². The Morgan fingerprint density at radius 2 is 1.55 bits per heavy atom. The second-order valence-electron chi connectivity index (χ2n) is 7.02. The largest absolute Gasteiger partial charge is 0.497 e. The summed E-state index contributed by atoms with van der Waals surface area (Å²) < 4.78 is 16.9. The van der Waals surface area contributed by atoms with Crippen molar-refractivity contribution in [1.82, 2.24) is 0 Å². The van der Waals surface area contributed by atoms with Gasteiger partial charge in [0.15, 0.2) is 5.43 Å². The van der Waals surface area contributed by atoms with Crippen LogP contribution >= 0.6 is 15.9 Å². The number of methoxy groups -OCH3 is 1. The third kappa shape index (κ3) is 6.10. The Hall–Kier alpha value is -2.27. The van der Waals surface area contributed by atoms with Crippen LogP contribution < -0.4 is 14.9 Å². The van der Waals surface area contributed by atoms with Crippen LogP contribution in [0, 0.1) is 0 Å². The molecule has 0 bridgehead atoms. The van der Waals surface area contributed by atoms with Gasteiger partial charge in [0.25, 0.3) is 0 Å². The summed E-state index contributed by atoms with van der Waals surface area (Å²) in [5.41, 5.74) is 1.31. The lowest BCUT2D eigenvalue weighted by molar-refractivity contribution is 0.304. The minimum absolute atomic E-state index is 0.0865. The van der Waals surface area contributed by atoms with Crippen LogP contribution in [0.1, 0.15) is 38.5 Å². The summed E-state index contributed by atoms with van der Waals surface area (Å²) in [6.07, 6.45) is 7.39. The van der Waals surface area contributed by atoms with E-state index in [-0.39, 0.29) is 5.43 Å². The van der Waals surface area contributed by atoms with Crippen LogP contribution in [0.25, 0.3) is 22.3 Å².